The number of Topliss-reactive ketones (excluding diaryl/α,β-unsaturated/α-hetero) is 1. The molecule has 1 amide bonds. The van der Waals surface area contributed by atoms with Crippen LogP contribution in [0.2, 0.25) is 0 Å². The smallest absolute Gasteiger partial charge is 0.290 e. The van der Waals surface area contributed by atoms with Crippen molar-refractivity contribution in [2.75, 3.05) is 26.2 Å². The topological polar surface area (TPSA) is 62.1 Å². The van der Waals surface area contributed by atoms with E-state index in [-0.39, 0.29) is 11.4 Å². The lowest BCUT2D eigenvalue weighted by Crippen LogP contribution is -3.12. The van der Waals surface area contributed by atoms with Crippen LogP contribution in [0.15, 0.2) is 59.2 Å². The summed E-state index contributed by atoms with van der Waals surface area (Å²) in [6, 6.07) is 12.4. The molecular formula is C21H25N2O3S+. The minimum absolute atomic E-state index is 0.184. The van der Waals surface area contributed by atoms with Gasteiger partial charge in [0.05, 0.1) is 42.7 Å². The highest BCUT2D eigenvalue weighted by Crippen LogP contribution is 2.39. The second-order valence-corrected chi connectivity index (χ2v) is 7.54. The molecule has 0 saturated carbocycles. The summed E-state index contributed by atoms with van der Waals surface area (Å²) in [4.78, 5) is 29.4. The Kier molecular flexibility index (Phi) is 6.08. The highest BCUT2D eigenvalue weighted by Gasteiger charge is 2.44. The van der Waals surface area contributed by atoms with Crippen molar-refractivity contribution < 1.29 is 19.6 Å². The quantitative estimate of drug-likeness (QED) is 0.685. The van der Waals surface area contributed by atoms with E-state index >= 15 is 0 Å². The second kappa shape index (κ2) is 8.50. The van der Waals surface area contributed by atoms with Crippen LogP contribution < -0.4 is 4.90 Å². The number of likely N-dealkylation sites (N-methyl/N-ethyl adjacent to an activating group) is 1. The molecule has 1 aliphatic rings. The van der Waals surface area contributed by atoms with Crippen molar-refractivity contribution in [3.63, 3.8) is 0 Å². The molecule has 3 rings (SSSR count). The van der Waals surface area contributed by atoms with Crippen LogP contribution in [0.4, 0.5) is 0 Å². The third-order valence-corrected chi connectivity index (χ3v) is 5.98. The predicted molar refractivity (Wildman–Crippen MR) is 106 cm³/mol. The molecule has 0 unspecified atom stereocenters. The number of quaternary nitrogens is 1. The monoisotopic (exact) mass is 385 g/mol. The van der Waals surface area contributed by atoms with E-state index in [1.165, 1.54) is 16.2 Å². The van der Waals surface area contributed by atoms with Gasteiger partial charge in [0.1, 0.15) is 0 Å². The first-order valence-corrected chi connectivity index (χ1v) is 10.2. The summed E-state index contributed by atoms with van der Waals surface area (Å²) in [6.45, 7) is 7.42. The van der Waals surface area contributed by atoms with Crippen molar-refractivity contribution >= 4 is 23.0 Å². The highest BCUT2D eigenvalue weighted by molar-refractivity contribution is 7.12. The number of ketones is 1. The van der Waals surface area contributed by atoms with E-state index in [0.29, 0.717) is 11.4 Å². The Morgan fingerprint density at radius 1 is 1.15 bits per heavy atom. The van der Waals surface area contributed by atoms with Crippen LogP contribution in [0, 0.1) is 0 Å². The minimum Gasteiger partial charge on any atom is -0.503 e. The Balaban J connectivity index is 1.98. The van der Waals surface area contributed by atoms with Gasteiger partial charge in [0.15, 0.2) is 5.76 Å². The highest BCUT2D eigenvalue weighted by atomic mass is 32.1. The van der Waals surface area contributed by atoms with Gasteiger partial charge in [0.25, 0.3) is 5.91 Å². The van der Waals surface area contributed by atoms with Crippen molar-refractivity contribution in [2.24, 2.45) is 0 Å². The number of thiophene rings is 1. The van der Waals surface area contributed by atoms with Gasteiger partial charge in [-0.15, -0.1) is 11.3 Å². The Hall–Kier alpha value is -2.44. The average molecular weight is 386 g/mol. The van der Waals surface area contributed by atoms with Crippen LogP contribution in [0.3, 0.4) is 0 Å². The molecule has 1 aromatic carbocycles. The van der Waals surface area contributed by atoms with E-state index < -0.39 is 17.7 Å². The number of rotatable bonds is 8. The standard InChI is InChI=1S/C21H24N2O3S/c1-3-22(4-2)12-13-23-18(15-9-6-5-7-10-15)17(20(25)21(23)26)19(24)16-11-8-14-27-16/h5-11,14,18,25H,3-4,12-13H2,1-2H3/p+1/t18-/m0/s1. The number of hydrogen-bond donors (Lipinski definition) is 2. The average Bonchev–Trinajstić information content (AvgIpc) is 3.31. The van der Waals surface area contributed by atoms with Gasteiger partial charge in [-0.3, -0.25) is 9.59 Å². The number of carbonyl (C=O) groups excluding carboxylic acids is 2. The van der Waals surface area contributed by atoms with Gasteiger partial charge < -0.3 is 14.9 Å². The van der Waals surface area contributed by atoms with E-state index in [4.69, 9.17) is 0 Å². The second-order valence-electron chi connectivity index (χ2n) is 6.59. The third kappa shape index (κ3) is 3.82. The number of nitrogens with zero attached hydrogens (tertiary/aromatic N) is 1. The van der Waals surface area contributed by atoms with Crippen molar-refractivity contribution in [2.45, 2.75) is 19.9 Å². The van der Waals surface area contributed by atoms with Crippen molar-refractivity contribution in [1.29, 1.82) is 0 Å². The molecule has 1 atom stereocenters. The molecule has 1 aliphatic heterocycles. The summed E-state index contributed by atoms with van der Waals surface area (Å²) in [5.41, 5.74) is 1.02. The van der Waals surface area contributed by atoms with Gasteiger partial charge in [0.2, 0.25) is 5.78 Å². The van der Waals surface area contributed by atoms with Crippen molar-refractivity contribution in [3.8, 4) is 0 Å². The van der Waals surface area contributed by atoms with Gasteiger partial charge in [0, 0.05) is 0 Å². The molecule has 0 bridgehead atoms. The Labute approximate surface area is 163 Å². The number of nitrogens with one attached hydrogen (secondary N) is 1. The maximum absolute atomic E-state index is 13.1. The van der Waals surface area contributed by atoms with E-state index in [2.05, 4.69) is 13.8 Å². The molecule has 6 heteroatoms. The zero-order valence-electron chi connectivity index (χ0n) is 15.6. The molecule has 2 N–H and O–H groups in total. The Morgan fingerprint density at radius 2 is 1.85 bits per heavy atom. The van der Waals surface area contributed by atoms with Crippen LogP contribution in [-0.2, 0) is 4.79 Å². The fraction of sp³-hybridized carbons (Fsp3) is 0.333. The maximum Gasteiger partial charge on any atom is 0.290 e. The molecule has 27 heavy (non-hydrogen) atoms. The van der Waals surface area contributed by atoms with Crippen LogP contribution in [0.25, 0.3) is 0 Å². The van der Waals surface area contributed by atoms with E-state index in [1.54, 1.807) is 17.0 Å². The molecule has 1 aromatic heterocycles. The molecular weight excluding hydrogens is 360 g/mol. The fourth-order valence-electron chi connectivity index (χ4n) is 3.52. The summed E-state index contributed by atoms with van der Waals surface area (Å²) in [7, 11) is 0. The number of aliphatic hydroxyl groups excluding tert-OH is 1. The molecule has 0 aliphatic carbocycles. The zero-order valence-corrected chi connectivity index (χ0v) is 16.5. The van der Waals surface area contributed by atoms with E-state index in [0.717, 1.165) is 25.2 Å². The number of carbonyl (C=O) groups is 2. The summed E-state index contributed by atoms with van der Waals surface area (Å²) in [6.07, 6.45) is 0. The summed E-state index contributed by atoms with van der Waals surface area (Å²) in [5, 5.41) is 12.4. The molecule has 0 saturated heterocycles. The van der Waals surface area contributed by atoms with Gasteiger partial charge in [-0.25, -0.2) is 0 Å². The number of benzene rings is 1. The van der Waals surface area contributed by atoms with Crippen LogP contribution in [0.5, 0.6) is 0 Å². The maximum atomic E-state index is 13.1. The van der Waals surface area contributed by atoms with Gasteiger partial charge in [-0.1, -0.05) is 36.4 Å². The fourth-order valence-corrected chi connectivity index (χ4v) is 4.20. The predicted octanol–water partition coefficient (Wildman–Crippen LogP) is 2.25. The lowest BCUT2D eigenvalue weighted by Gasteiger charge is -2.28. The number of amides is 1. The molecule has 0 fully saturated rings. The normalized spacial score (nSPS) is 17.2. The lowest BCUT2D eigenvalue weighted by molar-refractivity contribution is -0.895. The Morgan fingerprint density at radius 3 is 2.44 bits per heavy atom. The molecule has 2 heterocycles. The SMILES string of the molecule is CC[NH+](CC)CCN1C(=O)C(O)=C(C(=O)c2cccs2)[C@@H]1c1ccccc1. The molecule has 0 radical (unpaired) electrons. The number of hydrogen-bond acceptors (Lipinski definition) is 4. The van der Waals surface area contributed by atoms with Crippen molar-refractivity contribution in [1.82, 2.24) is 4.90 Å². The summed E-state index contributed by atoms with van der Waals surface area (Å²) < 4.78 is 0. The first-order chi connectivity index (χ1) is 13.1. The van der Waals surface area contributed by atoms with Crippen molar-refractivity contribution in [3.05, 3.63) is 69.6 Å². The van der Waals surface area contributed by atoms with Crippen LogP contribution >= 0.6 is 11.3 Å². The third-order valence-electron chi connectivity index (χ3n) is 5.11. The zero-order chi connectivity index (χ0) is 19.4. The summed E-state index contributed by atoms with van der Waals surface area (Å²) >= 11 is 1.32. The first-order valence-electron chi connectivity index (χ1n) is 9.29. The van der Waals surface area contributed by atoms with E-state index in [9.17, 15) is 14.7 Å². The van der Waals surface area contributed by atoms with Gasteiger partial charge in [-0.2, -0.15) is 0 Å². The van der Waals surface area contributed by atoms with E-state index in [1.807, 2.05) is 35.7 Å². The molecule has 142 valence electrons. The molecule has 5 nitrogen and oxygen atoms in total. The molecule has 0 spiro atoms. The summed E-state index contributed by atoms with van der Waals surface area (Å²) in [5.74, 6) is -1.16. The first kappa shape index (κ1) is 19.3. The minimum atomic E-state index is -0.553. The number of aliphatic hydroxyl groups is 1. The van der Waals surface area contributed by atoms with Crippen LogP contribution in [0.1, 0.15) is 35.1 Å². The molecule has 2 aromatic rings. The van der Waals surface area contributed by atoms with Gasteiger partial charge >= 0.3 is 0 Å². The van der Waals surface area contributed by atoms with Gasteiger partial charge in [-0.05, 0) is 30.9 Å². The Bertz CT molecular complexity index is 826. The largest absolute Gasteiger partial charge is 0.503 e. The lowest BCUT2D eigenvalue weighted by atomic mass is 9.95. The van der Waals surface area contributed by atoms with Crippen LogP contribution in [-0.4, -0.2) is 47.9 Å².